The summed E-state index contributed by atoms with van der Waals surface area (Å²) in [6.45, 7) is 20.9. The summed E-state index contributed by atoms with van der Waals surface area (Å²) in [6, 6.07) is 12.0. The molecule has 9 heteroatoms. The molecule has 3 aliphatic heterocycles. The van der Waals surface area contributed by atoms with E-state index in [-0.39, 0.29) is 36.2 Å². The van der Waals surface area contributed by atoms with E-state index in [1.54, 1.807) is 0 Å². The maximum absolute atomic E-state index is 11.9. The van der Waals surface area contributed by atoms with E-state index < -0.39 is 0 Å². The molecule has 3 unspecified atom stereocenters. The van der Waals surface area contributed by atoms with Gasteiger partial charge in [-0.1, -0.05) is 53.1 Å². The van der Waals surface area contributed by atoms with Crippen molar-refractivity contribution in [1.29, 1.82) is 0 Å². The molecule has 3 aromatic carbocycles. The Morgan fingerprint density at radius 3 is 0.812 bits per heavy atom. The first-order valence-corrected chi connectivity index (χ1v) is 16.3. The smallest absolute Gasteiger partial charge is 0.338 e. The first-order chi connectivity index (χ1) is 22.7. The third-order valence-corrected chi connectivity index (χ3v) is 8.05. The van der Waals surface area contributed by atoms with Gasteiger partial charge >= 0.3 is 17.9 Å². The Hall–Kier alpha value is -4.05. The van der Waals surface area contributed by atoms with Gasteiger partial charge in [-0.05, 0) is 95.7 Å². The molecule has 3 saturated heterocycles. The van der Waals surface area contributed by atoms with Crippen LogP contribution in [0.1, 0.15) is 81.1 Å². The molecule has 0 spiro atoms. The monoisotopic (exact) mass is 660 g/mol. The van der Waals surface area contributed by atoms with Gasteiger partial charge in [0.25, 0.3) is 0 Å². The van der Waals surface area contributed by atoms with Crippen LogP contribution in [0.2, 0.25) is 0 Å². The summed E-state index contributed by atoms with van der Waals surface area (Å²) in [5, 5.41) is 0. The number of hydrogen-bond acceptors (Lipinski definition) is 9. The molecule has 6 rings (SSSR count). The molecule has 0 saturated carbocycles. The fourth-order valence-electron chi connectivity index (χ4n) is 5.72. The highest BCUT2D eigenvalue weighted by atomic mass is 16.6. The van der Waals surface area contributed by atoms with E-state index >= 15 is 0 Å². The topological polar surface area (TPSA) is 116 Å². The fourth-order valence-corrected chi connectivity index (χ4v) is 5.72. The zero-order chi connectivity index (χ0) is 35.1. The molecule has 258 valence electrons. The highest BCUT2D eigenvalue weighted by Crippen LogP contribution is 2.21. The number of ether oxygens (including phenoxy) is 6. The Morgan fingerprint density at radius 1 is 0.458 bits per heavy atom. The normalized spacial score (nSPS) is 18.3. The van der Waals surface area contributed by atoms with Gasteiger partial charge in [-0.3, -0.25) is 0 Å². The van der Waals surface area contributed by atoms with Crippen LogP contribution >= 0.6 is 0 Å². The second-order valence-corrected chi connectivity index (χ2v) is 13.0. The van der Waals surface area contributed by atoms with Gasteiger partial charge in [-0.25, -0.2) is 14.4 Å². The average molecular weight is 661 g/mol. The number of rotatable bonds is 9. The Bertz CT molecular complexity index is 1380. The van der Waals surface area contributed by atoms with Crippen LogP contribution in [-0.2, 0) is 28.4 Å². The van der Waals surface area contributed by atoms with Crippen molar-refractivity contribution in [2.24, 2.45) is 0 Å². The lowest BCUT2D eigenvalue weighted by Crippen LogP contribution is -2.13. The molecular formula is C39H48O9. The first kappa shape index (κ1) is 36.8. The van der Waals surface area contributed by atoms with Gasteiger partial charge in [0.1, 0.15) is 38.1 Å². The summed E-state index contributed by atoms with van der Waals surface area (Å²) >= 11 is 0. The minimum Gasteiger partial charge on any atom is -0.459 e. The van der Waals surface area contributed by atoms with Crippen LogP contribution < -0.4 is 0 Å². The van der Waals surface area contributed by atoms with Crippen molar-refractivity contribution in [2.45, 2.75) is 80.6 Å². The van der Waals surface area contributed by atoms with Crippen molar-refractivity contribution in [3.63, 3.8) is 0 Å². The molecule has 3 aromatic rings. The number of aryl methyl sites for hydroxylation is 9. The third-order valence-electron chi connectivity index (χ3n) is 8.05. The predicted octanol–water partition coefficient (Wildman–Crippen LogP) is 6.50. The number of carbonyl (C=O) groups is 3. The summed E-state index contributed by atoms with van der Waals surface area (Å²) in [7, 11) is 0. The zero-order valence-electron chi connectivity index (χ0n) is 29.6. The standard InChI is InChI=1S/3C13H16O3/c3*1-8-4-9(2)12(10(3)5-8)13(14)16-7-11-6-15-11/h3*4-5,11H,6-7H2,1-3H3. The van der Waals surface area contributed by atoms with E-state index in [9.17, 15) is 14.4 Å². The van der Waals surface area contributed by atoms with Gasteiger partial charge in [0.05, 0.1) is 36.5 Å². The Balaban J connectivity index is 0.000000163. The number of carbonyl (C=O) groups excluding carboxylic acids is 3. The lowest BCUT2D eigenvalue weighted by Gasteiger charge is -2.10. The third kappa shape index (κ3) is 11.0. The van der Waals surface area contributed by atoms with Crippen LogP contribution in [-0.4, -0.2) is 75.9 Å². The van der Waals surface area contributed by atoms with E-state index in [2.05, 4.69) is 0 Å². The van der Waals surface area contributed by atoms with Gasteiger partial charge < -0.3 is 28.4 Å². The number of benzene rings is 3. The molecule has 0 aromatic heterocycles. The molecule has 48 heavy (non-hydrogen) atoms. The SMILES string of the molecule is Cc1cc(C)c(C(=O)OCC2CO2)c(C)c1.Cc1cc(C)c(C(=O)OCC2CO2)c(C)c1.Cc1cc(C)c(C(=O)OCC2CO2)c(C)c1. The quantitative estimate of drug-likeness (QED) is 0.144. The minimum absolute atomic E-state index is 0.120. The molecule has 3 atom stereocenters. The summed E-state index contributed by atoms with van der Waals surface area (Å²) in [6.07, 6.45) is 0.361. The van der Waals surface area contributed by atoms with E-state index in [0.717, 1.165) is 50.1 Å². The van der Waals surface area contributed by atoms with Crippen LogP contribution in [0.3, 0.4) is 0 Å². The van der Waals surface area contributed by atoms with Gasteiger partial charge in [-0.2, -0.15) is 0 Å². The molecule has 0 bridgehead atoms. The highest BCUT2D eigenvalue weighted by molar-refractivity contribution is 5.94. The molecule has 3 heterocycles. The van der Waals surface area contributed by atoms with Crippen LogP contribution in [0, 0.1) is 62.3 Å². The van der Waals surface area contributed by atoms with Crippen molar-refractivity contribution >= 4 is 17.9 Å². The lowest BCUT2D eigenvalue weighted by atomic mass is 10.00. The predicted molar refractivity (Wildman–Crippen MR) is 182 cm³/mol. The van der Waals surface area contributed by atoms with E-state index in [0.29, 0.717) is 56.3 Å². The molecule has 0 N–H and O–H groups in total. The zero-order valence-corrected chi connectivity index (χ0v) is 29.6. The van der Waals surface area contributed by atoms with Gasteiger partial charge in [-0.15, -0.1) is 0 Å². The van der Waals surface area contributed by atoms with Crippen LogP contribution in [0.4, 0.5) is 0 Å². The van der Waals surface area contributed by atoms with Gasteiger partial charge in [0, 0.05) is 0 Å². The Labute approximate surface area is 283 Å². The molecule has 0 radical (unpaired) electrons. The van der Waals surface area contributed by atoms with E-state index in [4.69, 9.17) is 28.4 Å². The number of esters is 3. The summed E-state index contributed by atoms with van der Waals surface area (Å²) < 4.78 is 30.6. The molecular weight excluding hydrogens is 612 g/mol. The summed E-state index contributed by atoms with van der Waals surface area (Å²) in [4.78, 5) is 35.6. The maximum Gasteiger partial charge on any atom is 0.338 e. The second kappa shape index (κ2) is 16.4. The van der Waals surface area contributed by atoms with Crippen LogP contribution in [0.25, 0.3) is 0 Å². The van der Waals surface area contributed by atoms with E-state index in [1.165, 1.54) is 0 Å². The number of epoxide rings is 3. The second-order valence-electron chi connectivity index (χ2n) is 13.0. The first-order valence-electron chi connectivity index (χ1n) is 16.3. The van der Waals surface area contributed by atoms with Crippen molar-refractivity contribution in [1.82, 2.24) is 0 Å². The summed E-state index contributed by atoms with van der Waals surface area (Å²) in [5.41, 5.74) is 11.4. The average Bonchev–Trinajstić information content (AvgIpc) is 3.83. The molecule has 3 aliphatic rings. The van der Waals surface area contributed by atoms with Crippen molar-refractivity contribution in [2.75, 3.05) is 39.6 Å². The van der Waals surface area contributed by atoms with Crippen molar-refractivity contribution in [3.05, 3.63) is 103 Å². The molecule has 3 fully saturated rings. The Kier molecular flexibility index (Phi) is 12.5. The molecule has 0 aliphatic carbocycles. The minimum atomic E-state index is -0.245. The maximum atomic E-state index is 11.9. The van der Waals surface area contributed by atoms with Crippen molar-refractivity contribution < 1.29 is 42.8 Å². The fraction of sp³-hybridized carbons (Fsp3) is 0.462. The van der Waals surface area contributed by atoms with E-state index in [1.807, 2.05) is 98.7 Å². The highest BCUT2D eigenvalue weighted by Gasteiger charge is 2.27. The summed E-state index contributed by atoms with van der Waals surface area (Å²) in [5.74, 6) is -0.735. The number of hydrogen-bond donors (Lipinski definition) is 0. The molecule has 9 nitrogen and oxygen atoms in total. The van der Waals surface area contributed by atoms with Gasteiger partial charge in [0.2, 0.25) is 0 Å². The Morgan fingerprint density at radius 2 is 0.646 bits per heavy atom. The van der Waals surface area contributed by atoms with Gasteiger partial charge in [0.15, 0.2) is 0 Å². The van der Waals surface area contributed by atoms with Crippen LogP contribution in [0.5, 0.6) is 0 Å². The lowest BCUT2D eigenvalue weighted by molar-refractivity contribution is 0.0466. The molecule has 0 amide bonds. The van der Waals surface area contributed by atoms with Crippen molar-refractivity contribution in [3.8, 4) is 0 Å². The van der Waals surface area contributed by atoms with Crippen LogP contribution in [0.15, 0.2) is 36.4 Å². The largest absolute Gasteiger partial charge is 0.459 e.